The van der Waals surface area contributed by atoms with E-state index in [0.29, 0.717) is 12.0 Å². The molecule has 0 saturated heterocycles. The van der Waals surface area contributed by atoms with Gasteiger partial charge in [0.2, 0.25) is 0 Å². The van der Waals surface area contributed by atoms with Gasteiger partial charge >= 0.3 is 0 Å². The van der Waals surface area contributed by atoms with E-state index in [4.69, 9.17) is 5.11 Å². The lowest BCUT2D eigenvalue weighted by Crippen LogP contribution is -2.26. The van der Waals surface area contributed by atoms with Gasteiger partial charge < -0.3 is 5.11 Å². The molecular weight excluding hydrogens is 359 g/mol. The summed E-state index contributed by atoms with van der Waals surface area (Å²) in [5.74, 6) is 3.60. The minimum Gasteiger partial charge on any atom is -0.396 e. The molecule has 0 aliphatic heterocycles. The summed E-state index contributed by atoms with van der Waals surface area (Å²) in [6.45, 7) is 3.85. The van der Waals surface area contributed by atoms with Crippen LogP contribution < -0.4 is 0 Å². The Labute approximate surface area is 177 Å². The maximum atomic E-state index is 14.1. The molecule has 1 aromatic rings. The third kappa shape index (κ3) is 6.95. The van der Waals surface area contributed by atoms with Gasteiger partial charge in [0, 0.05) is 6.61 Å². The van der Waals surface area contributed by atoms with E-state index in [2.05, 4.69) is 12.7 Å². The molecule has 1 nitrogen and oxygen atoms in total. The monoisotopic (exact) mass is 400 g/mol. The summed E-state index contributed by atoms with van der Waals surface area (Å²) in [4.78, 5) is 0. The van der Waals surface area contributed by atoms with Gasteiger partial charge in [-0.1, -0.05) is 50.3 Å². The number of allylic oxidation sites excluding steroid dienone is 1. The largest absolute Gasteiger partial charge is 0.396 e. The fraction of sp³-hybridized carbons (Fsp3) is 0.704. The average molecular weight is 401 g/mol. The predicted molar refractivity (Wildman–Crippen MR) is 120 cm³/mol. The number of aliphatic hydroxyl groups is 1. The first-order chi connectivity index (χ1) is 14.2. The van der Waals surface area contributed by atoms with Gasteiger partial charge in [-0.15, -0.1) is 6.58 Å². The molecule has 2 fully saturated rings. The van der Waals surface area contributed by atoms with Crippen LogP contribution in [0.5, 0.6) is 0 Å². The van der Waals surface area contributed by atoms with Crippen LogP contribution in [0.15, 0.2) is 30.9 Å². The van der Waals surface area contributed by atoms with Gasteiger partial charge in [0.15, 0.2) is 0 Å². The third-order valence-corrected chi connectivity index (χ3v) is 7.81. The smallest absolute Gasteiger partial charge is 0.126 e. The van der Waals surface area contributed by atoms with E-state index >= 15 is 0 Å². The number of hydrogen-bond donors (Lipinski definition) is 1. The fourth-order valence-corrected chi connectivity index (χ4v) is 5.89. The minimum atomic E-state index is -0.152. The predicted octanol–water partition coefficient (Wildman–Crippen LogP) is 7.26. The van der Waals surface area contributed by atoms with E-state index in [1.165, 1.54) is 77.0 Å². The summed E-state index contributed by atoms with van der Waals surface area (Å²) >= 11 is 0. The molecule has 162 valence electrons. The number of rotatable bonds is 10. The number of aliphatic hydroxyl groups excluding tert-OH is 1. The van der Waals surface area contributed by atoms with Gasteiger partial charge in [-0.05, 0) is 98.7 Å². The molecule has 0 amide bonds. The molecule has 0 unspecified atom stereocenters. The second-order valence-corrected chi connectivity index (χ2v) is 9.72. The van der Waals surface area contributed by atoms with Crippen molar-refractivity contribution < 1.29 is 9.50 Å². The number of aryl methyl sites for hydroxylation is 1. The van der Waals surface area contributed by atoms with Crippen molar-refractivity contribution in [3.63, 3.8) is 0 Å². The Bertz CT molecular complexity index is 609. The Kier molecular flexibility index (Phi) is 9.24. The van der Waals surface area contributed by atoms with E-state index in [1.54, 1.807) is 6.07 Å². The van der Waals surface area contributed by atoms with Crippen LogP contribution in [-0.2, 0) is 12.8 Å². The van der Waals surface area contributed by atoms with Gasteiger partial charge in [-0.3, -0.25) is 0 Å². The van der Waals surface area contributed by atoms with Crippen LogP contribution in [0.3, 0.4) is 0 Å². The number of halogens is 1. The molecule has 2 aliphatic rings. The SMILES string of the molecule is C=CCCCC1CCC(C2CCC(CCc3ccc(CCO)c(F)c3)CC2)CC1. The van der Waals surface area contributed by atoms with Crippen molar-refractivity contribution >= 4 is 0 Å². The molecule has 29 heavy (non-hydrogen) atoms. The van der Waals surface area contributed by atoms with Crippen molar-refractivity contribution in [3.8, 4) is 0 Å². The zero-order valence-corrected chi connectivity index (χ0v) is 18.3. The zero-order valence-electron chi connectivity index (χ0n) is 18.3. The highest BCUT2D eigenvalue weighted by atomic mass is 19.1. The van der Waals surface area contributed by atoms with E-state index in [-0.39, 0.29) is 12.4 Å². The van der Waals surface area contributed by atoms with Crippen LogP contribution in [-0.4, -0.2) is 11.7 Å². The molecular formula is C27H41FO. The lowest BCUT2D eigenvalue weighted by molar-refractivity contribution is 0.141. The summed E-state index contributed by atoms with van der Waals surface area (Å²) < 4.78 is 14.1. The van der Waals surface area contributed by atoms with Crippen LogP contribution >= 0.6 is 0 Å². The zero-order chi connectivity index (χ0) is 20.5. The van der Waals surface area contributed by atoms with Crippen molar-refractivity contribution in [2.24, 2.45) is 23.7 Å². The van der Waals surface area contributed by atoms with E-state index in [9.17, 15) is 4.39 Å². The fourth-order valence-electron chi connectivity index (χ4n) is 5.89. The first-order valence-electron chi connectivity index (χ1n) is 12.2. The molecule has 1 N–H and O–H groups in total. The van der Waals surface area contributed by atoms with Gasteiger partial charge in [0.1, 0.15) is 5.82 Å². The Morgan fingerprint density at radius 2 is 1.52 bits per heavy atom. The van der Waals surface area contributed by atoms with Crippen molar-refractivity contribution in [1.29, 1.82) is 0 Å². The normalized spacial score (nSPS) is 27.7. The molecule has 1 aromatic carbocycles. The van der Waals surface area contributed by atoms with E-state index in [0.717, 1.165) is 35.7 Å². The number of unbranched alkanes of at least 4 members (excludes halogenated alkanes) is 1. The Hall–Kier alpha value is -1.15. The highest BCUT2D eigenvalue weighted by Gasteiger charge is 2.30. The van der Waals surface area contributed by atoms with Crippen molar-refractivity contribution in [2.75, 3.05) is 6.61 Å². The van der Waals surface area contributed by atoms with Crippen LogP contribution in [0.2, 0.25) is 0 Å². The second kappa shape index (κ2) is 11.9. The van der Waals surface area contributed by atoms with Crippen LogP contribution in [0, 0.1) is 29.5 Å². The summed E-state index contributed by atoms with van der Waals surface area (Å²) in [6, 6.07) is 5.59. The number of benzene rings is 1. The maximum absolute atomic E-state index is 14.1. The first kappa shape index (κ1) is 22.5. The Morgan fingerprint density at radius 1 is 0.897 bits per heavy atom. The van der Waals surface area contributed by atoms with Crippen LogP contribution in [0.1, 0.15) is 88.2 Å². The maximum Gasteiger partial charge on any atom is 0.126 e. The summed E-state index contributed by atoms with van der Waals surface area (Å²) in [5.41, 5.74) is 1.74. The minimum absolute atomic E-state index is 0.0104. The third-order valence-electron chi connectivity index (χ3n) is 7.81. The highest BCUT2D eigenvalue weighted by molar-refractivity contribution is 5.24. The van der Waals surface area contributed by atoms with Gasteiger partial charge in [0.25, 0.3) is 0 Å². The van der Waals surface area contributed by atoms with E-state index in [1.807, 2.05) is 12.1 Å². The Balaban J connectivity index is 1.34. The molecule has 0 atom stereocenters. The lowest BCUT2D eigenvalue weighted by atomic mass is 9.68. The second-order valence-electron chi connectivity index (χ2n) is 9.72. The summed E-state index contributed by atoms with van der Waals surface area (Å²) in [7, 11) is 0. The molecule has 2 heteroatoms. The van der Waals surface area contributed by atoms with Crippen molar-refractivity contribution in [1.82, 2.24) is 0 Å². The molecule has 2 saturated carbocycles. The standard InChI is InChI=1S/C27H41FO/c1-2-3-4-5-21-8-13-24(14-9-21)25-15-10-22(11-16-25)6-7-23-12-17-26(18-19-29)27(28)20-23/h2,12,17,20-22,24-25,29H,1,3-11,13-16,18-19H2. The molecule has 0 aromatic heterocycles. The van der Waals surface area contributed by atoms with Gasteiger partial charge in [0.05, 0.1) is 0 Å². The first-order valence-corrected chi connectivity index (χ1v) is 12.2. The summed E-state index contributed by atoms with van der Waals surface area (Å²) in [6.07, 6.45) is 20.0. The topological polar surface area (TPSA) is 20.2 Å². The quantitative estimate of drug-likeness (QED) is 0.323. The summed E-state index contributed by atoms with van der Waals surface area (Å²) in [5, 5.41) is 8.99. The molecule has 0 radical (unpaired) electrons. The lowest BCUT2D eigenvalue weighted by Gasteiger charge is -2.38. The average Bonchev–Trinajstić information content (AvgIpc) is 2.75. The van der Waals surface area contributed by atoms with Gasteiger partial charge in [-0.2, -0.15) is 0 Å². The number of hydrogen-bond acceptors (Lipinski definition) is 1. The van der Waals surface area contributed by atoms with Crippen LogP contribution in [0.4, 0.5) is 4.39 Å². The highest BCUT2D eigenvalue weighted by Crippen LogP contribution is 2.43. The van der Waals surface area contributed by atoms with Gasteiger partial charge in [-0.25, -0.2) is 4.39 Å². The molecule has 3 rings (SSSR count). The molecule has 0 bridgehead atoms. The molecule has 2 aliphatic carbocycles. The van der Waals surface area contributed by atoms with Crippen molar-refractivity contribution in [2.45, 2.75) is 89.9 Å². The van der Waals surface area contributed by atoms with Crippen LogP contribution in [0.25, 0.3) is 0 Å². The molecule has 0 heterocycles. The van der Waals surface area contributed by atoms with Crippen molar-refractivity contribution in [3.05, 3.63) is 47.8 Å². The Morgan fingerprint density at radius 3 is 2.07 bits per heavy atom. The molecule has 0 spiro atoms. The van der Waals surface area contributed by atoms with E-state index < -0.39 is 0 Å².